The van der Waals surface area contributed by atoms with E-state index in [-0.39, 0.29) is 10.7 Å². The lowest BCUT2D eigenvalue weighted by atomic mass is 10.0. The van der Waals surface area contributed by atoms with Gasteiger partial charge in [-0.1, -0.05) is 40.9 Å². The molecule has 0 saturated carbocycles. The Labute approximate surface area is 179 Å². The van der Waals surface area contributed by atoms with E-state index in [4.69, 9.17) is 34.8 Å². The lowest BCUT2D eigenvalue weighted by Crippen LogP contribution is -2.30. The van der Waals surface area contributed by atoms with E-state index < -0.39 is 29.9 Å². The van der Waals surface area contributed by atoms with E-state index in [1.807, 2.05) is 0 Å². The van der Waals surface area contributed by atoms with E-state index in [0.717, 1.165) is 6.07 Å². The Morgan fingerprint density at radius 1 is 1.03 bits per heavy atom. The number of hydrogen-bond donors (Lipinski definition) is 3. The van der Waals surface area contributed by atoms with Gasteiger partial charge in [0, 0.05) is 21.1 Å². The van der Waals surface area contributed by atoms with E-state index in [9.17, 15) is 19.5 Å². The normalized spacial score (nSPS) is 11.8. The van der Waals surface area contributed by atoms with Crippen LogP contribution < -0.4 is 10.9 Å². The Hall–Kier alpha value is -2.74. The fourth-order valence-corrected chi connectivity index (χ4v) is 3.39. The molecule has 0 radical (unpaired) electrons. The largest absolute Gasteiger partial charge is 0.481 e. The zero-order chi connectivity index (χ0) is 21.1. The minimum atomic E-state index is -1.13. The van der Waals surface area contributed by atoms with Crippen molar-refractivity contribution in [2.24, 2.45) is 0 Å². The highest BCUT2D eigenvalue weighted by molar-refractivity contribution is 6.35. The van der Waals surface area contributed by atoms with Crippen LogP contribution in [0.25, 0.3) is 5.69 Å². The van der Waals surface area contributed by atoms with Gasteiger partial charge >= 0.3 is 5.97 Å². The van der Waals surface area contributed by atoms with Crippen molar-refractivity contribution in [1.82, 2.24) is 15.1 Å². The molecule has 0 aliphatic heterocycles. The fourth-order valence-electron chi connectivity index (χ4n) is 2.73. The summed E-state index contributed by atoms with van der Waals surface area (Å²) in [6.45, 7) is 0. The number of rotatable bonds is 6. The van der Waals surface area contributed by atoms with Crippen molar-refractivity contribution in [1.29, 1.82) is 0 Å². The van der Waals surface area contributed by atoms with E-state index in [0.29, 0.717) is 21.3 Å². The van der Waals surface area contributed by atoms with Gasteiger partial charge in [-0.3, -0.25) is 19.5 Å². The summed E-state index contributed by atoms with van der Waals surface area (Å²) >= 11 is 17.9. The van der Waals surface area contributed by atoms with Gasteiger partial charge in [-0.25, -0.2) is 4.68 Å². The first kappa shape index (κ1) is 21.0. The van der Waals surface area contributed by atoms with Gasteiger partial charge in [0.15, 0.2) is 0 Å². The number of carbonyl (C=O) groups is 2. The maximum absolute atomic E-state index is 12.7. The number of hydrogen-bond acceptors (Lipinski definition) is 3. The van der Waals surface area contributed by atoms with Gasteiger partial charge in [0.2, 0.25) is 0 Å². The molecule has 3 rings (SSSR count). The Bertz CT molecular complexity index is 1120. The highest BCUT2D eigenvalue weighted by atomic mass is 35.5. The van der Waals surface area contributed by atoms with Crippen molar-refractivity contribution in [2.75, 3.05) is 0 Å². The molecule has 150 valence electrons. The van der Waals surface area contributed by atoms with Crippen LogP contribution in [0.2, 0.25) is 15.1 Å². The van der Waals surface area contributed by atoms with Crippen LogP contribution in [0, 0.1) is 0 Å². The number of nitrogens with one attached hydrogen (secondary N) is 2. The number of aromatic nitrogens is 2. The highest BCUT2D eigenvalue weighted by Crippen LogP contribution is 2.28. The molecule has 1 heterocycles. The summed E-state index contributed by atoms with van der Waals surface area (Å²) in [5.74, 6) is -1.79. The molecule has 1 aromatic heterocycles. The number of amides is 1. The Morgan fingerprint density at radius 2 is 1.69 bits per heavy atom. The zero-order valence-corrected chi connectivity index (χ0v) is 16.9. The molecule has 29 heavy (non-hydrogen) atoms. The van der Waals surface area contributed by atoms with Gasteiger partial charge in [0.25, 0.3) is 11.5 Å². The summed E-state index contributed by atoms with van der Waals surface area (Å²) in [6.07, 6.45) is -0.408. The van der Waals surface area contributed by atoms with Crippen molar-refractivity contribution in [2.45, 2.75) is 12.5 Å². The average Bonchev–Trinajstić information content (AvgIpc) is 3.03. The first-order valence-corrected chi connectivity index (χ1v) is 9.43. The summed E-state index contributed by atoms with van der Waals surface area (Å²) in [6, 6.07) is 11.2. The second-order valence-corrected chi connectivity index (χ2v) is 7.39. The molecule has 0 spiro atoms. The van der Waals surface area contributed by atoms with Crippen LogP contribution in [-0.2, 0) is 4.79 Å². The van der Waals surface area contributed by atoms with Crippen LogP contribution in [-0.4, -0.2) is 26.8 Å². The Morgan fingerprint density at radius 3 is 2.31 bits per heavy atom. The SMILES string of the molecule is O=C(O)C[C@H](NC(=O)c1cc(=O)n(-c2ccc(Cl)cc2)[nH]1)c1ccc(Cl)cc1Cl. The lowest BCUT2D eigenvalue weighted by molar-refractivity contribution is -0.137. The molecule has 0 unspecified atom stereocenters. The van der Waals surface area contributed by atoms with Crippen molar-refractivity contribution in [3.05, 3.63) is 85.2 Å². The number of carbonyl (C=O) groups excluding carboxylic acids is 1. The van der Waals surface area contributed by atoms with Gasteiger partial charge < -0.3 is 10.4 Å². The molecule has 1 atom stereocenters. The zero-order valence-electron chi connectivity index (χ0n) is 14.7. The maximum Gasteiger partial charge on any atom is 0.305 e. The summed E-state index contributed by atoms with van der Waals surface area (Å²) in [7, 11) is 0. The molecule has 3 N–H and O–H groups in total. The average molecular weight is 455 g/mol. The highest BCUT2D eigenvalue weighted by Gasteiger charge is 2.23. The number of aromatic amines is 1. The third-order valence-electron chi connectivity index (χ3n) is 4.07. The summed E-state index contributed by atoms with van der Waals surface area (Å²) < 4.78 is 1.17. The van der Waals surface area contributed by atoms with E-state index in [1.54, 1.807) is 36.4 Å². The van der Waals surface area contributed by atoms with Crippen LogP contribution in [0.1, 0.15) is 28.5 Å². The molecule has 0 saturated heterocycles. The molecule has 0 bridgehead atoms. The first-order valence-electron chi connectivity index (χ1n) is 8.30. The molecular weight excluding hydrogens is 441 g/mol. The second kappa shape index (κ2) is 8.73. The minimum Gasteiger partial charge on any atom is -0.481 e. The van der Waals surface area contributed by atoms with Gasteiger partial charge in [0.1, 0.15) is 5.69 Å². The molecule has 0 aliphatic rings. The Kier molecular flexibility index (Phi) is 6.32. The van der Waals surface area contributed by atoms with E-state index in [1.165, 1.54) is 10.7 Å². The fraction of sp³-hybridized carbons (Fsp3) is 0.105. The summed E-state index contributed by atoms with van der Waals surface area (Å²) in [4.78, 5) is 36.2. The molecular formula is C19H14Cl3N3O4. The second-order valence-electron chi connectivity index (χ2n) is 6.11. The van der Waals surface area contributed by atoms with Crippen molar-refractivity contribution in [3.63, 3.8) is 0 Å². The number of carboxylic acids is 1. The third kappa shape index (κ3) is 5.00. The maximum atomic E-state index is 12.7. The number of H-pyrrole nitrogens is 1. The predicted octanol–water partition coefficient (Wildman–Crippen LogP) is 4.07. The van der Waals surface area contributed by atoms with Crippen LogP contribution >= 0.6 is 34.8 Å². The van der Waals surface area contributed by atoms with Crippen molar-refractivity contribution in [3.8, 4) is 5.69 Å². The predicted molar refractivity (Wildman–Crippen MR) is 110 cm³/mol. The Balaban J connectivity index is 1.88. The molecule has 2 aromatic carbocycles. The number of carboxylic acid groups (broad SMARTS) is 1. The number of benzene rings is 2. The van der Waals surface area contributed by atoms with Gasteiger partial charge in [-0.05, 0) is 42.0 Å². The number of nitrogens with zero attached hydrogens (tertiary/aromatic N) is 1. The van der Waals surface area contributed by atoms with E-state index >= 15 is 0 Å². The summed E-state index contributed by atoms with van der Waals surface area (Å²) in [5.41, 5.74) is 0.384. The smallest absolute Gasteiger partial charge is 0.305 e. The molecule has 1 amide bonds. The van der Waals surface area contributed by atoms with Gasteiger partial charge in [0.05, 0.1) is 18.2 Å². The molecule has 0 fully saturated rings. The van der Waals surface area contributed by atoms with Crippen molar-refractivity contribution < 1.29 is 14.7 Å². The van der Waals surface area contributed by atoms with Crippen molar-refractivity contribution >= 4 is 46.7 Å². The third-order valence-corrected chi connectivity index (χ3v) is 4.89. The van der Waals surface area contributed by atoms with Crippen LogP contribution in [0.5, 0.6) is 0 Å². The van der Waals surface area contributed by atoms with Gasteiger partial charge in [-0.15, -0.1) is 0 Å². The quantitative estimate of drug-likeness (QED) is 0.522. The van der Waals surface area contributed by atoms with Crippen LogP contribution in [0.3, 0.4) is 0 Å². The monoisotopic (exact) mass is 453 g/mol. The standard InChI is InChI=1S/C19H14Cl3N3O4/c20-10-1-4-12(5-2-10)25-17(26)8-16(24-25)19(29)23-15(9-18(27)28)13-6-3-11(21)7-14(13)22/h1-8,15,24H,9H2,(H,23,29)(H,27,28)/t15-/m0/s1. The first-order chi connectivity index (χ1) is 13.7. The minimum absolute atomic E-state index is 0.0366. The molecule has 3 aromatic rings. The van der Waals surface area contributed by atoms with Crippen LogP contribution in [0.15, 0.2) is 53.3 Å². The number of halogens is 3. The molecule has 0 aliphatic carbocycles. The lowest BCUT2D eigenvalue weighted by Gasteiger charge is -2.18. The van der Waals surface area contributed by atoms with Crippen LogP contribution in [0.4, 0.5) is 0 Å². The topological polar surface area (TPSA) is 104 Å². The molecule has 10 heteroatoms. The molecule has 7 nitrogen and oxygen atoms in total. The van der Waals surface area contributed by atoms with Gasteiger partial charge in [-0.2, -0.15) is 0 Å². The number of aliphatic carboxylic acids is 1. The van der Waals surface area contributed by atoms with E-state index in [2.05, 4.69) is 10.4 Å². The summed E-state index contributed by atoms with van der Waals surface area (Å²) in [5, 5.41) is 15.6.